The molecule has 0 saturated heterocycles. The van der Waals surface area contributed by atoms with Gasteiger partial charge in [0.05, 0.1) is 15.6 Å². The van der Waals surface area contributed by atoms with Crippen molar-refractivity contribution >= 4 is 15.6 Å². The molecule has 13 heavy (non-hydrogen) atoms. The van der Waals surface area contributed by atoms with Crippen LogP contribution in [0.2, 0.25) is 0 Å². The van der Waals surface area contributed by atoms with Crippen LogP contribution in [0.5, 0.6) is 0 Å². The number of phosphoric acid groups is 2. The van der Waals surface area contributed by atoms with E-state index in [1.54, 1.807) is 0 Å². The van der Waals surface area contributed by atoms with Crippen LogP contribution in [0, 0.1) is 0 Å². The van der Waals surface area contributed by atoms with Gasteiger partial charge in [-0.15, -0.1) is 0 Å². The van der Waals surface area contributed by atoms with Crippen molar-refractivity contribution in [3.63, 3.8) is 0 Å². The zero-order valence-electron chi connectivity index (χ0n) is 5.65. The Morgan fingerprint density at radius 1 is 0.769 bits per heavy atom. The number of hydrogen-bond donors (Lipinski definition) is 0. The van der Waals surface area contributed by atoms with E-state index in [9.17, 15) is 28.7 Å². The monoisotopic (exact) mass is 312 g/mol. The van der Waals surface area contributed by atoms with Crippen LogP contribution in [-0.4, -0.2) is 11.0 Å². The molecule has 0 spiro atoms. The third-order valence-electron chi connectivity index (χ3n) is 0.200. The fraction of sp³-hybridized carbons (Fsp3) is 0. The molecule has 0 atom stereocenters. The Kier molecular flexibility index (Phi) is 22.2. The zero-order valence-corrected chi connectivity index (χ0v) is 10.2. The first-order chi connectivity index (χ1) is 3.71. The van der Waals surface area contributed by atoms with Crippen LogP contribution < -0.4 is 19.6 Å². The van der Waals surface area contributed by atoms with Gasteiger partial charge in [-0.3, -0.25) is 0 Å². The van der Waals surface area contributed by atoms with Gasteiger partial charge in [0.2, 0.25) is 0 Å². The minimum Gasteiger partial charge on any atom is -0.790 e. The normalized spacial score (nSPS) is 9.54. The fourth-order valence-corrected chi connectivity index (χ4v) is 1.10. The van der Waals surface area contributed by atoms with Crippen molar-refractivity contribution in [1.29, 1.82) is 0 Å². The van der Waals surface area contributed by atoms with Crippen molar-refractivity contribution in [3.8, 4) is 0 Å². The molecule has 78 valence electrons. The molecule has 0 unspecified atom stereocenters. The molecule has 4 N–H and O–H groups in total. The van der Waals surface area contributed by atoms with Gasteiger partial charge in [-0.05, 0) is 0 Å². The van der Waals surface area contributed by atoms with E-state index in [2.05, 4.69) is 4.31 Å². The maximum Gasteiger partial charge on any atom is 2.00 e. The first-order valence-electron chi connectivity index (χ1n) is 1.46. The summed E-state index contributed by atoms with van der Waals surface area (Å²) < 4.78 is 21.2. The Morgan fingerprint density at radius 3 is 0.923 bits per heavy atom. The molecule has 0 aliphatic rings. The van der Waals surface area contributed by atoms with Gasteiger partial charge in [0, 0.05) is 0 Å². The third-order valence-corrected chi connectivity index (χ3v) is 1.80. The van der Waals surface area contributed by atoms with E-state index in [1.807, 2.05) is 0 Å². The molecule has 0 aromatic heterocycles. The second kappa shape index (κ2) is 9.89. The molecule has 0 amide bonds. The van der Waals surface area contributed by atoms with Crippen molar-refractivity contribution in [3.05, 3.63) is 0 Å². The first kappa shape index (κ1) is 29.3. The van der Waals surface area contributed by atoms with Crippen LogP contribution in [-0.2, 0) is 50.6 Å². The van der Waals surface area contributed by atoms with Crippen molar-refractivity contribution < 1.29 is 81.1 Å². The van der Waals surface area contributed by atoms with E-state index in [1.165, 1.54) is 0 Å². The van der Waals surface area contributed by atoms with E-state index < -0.39 is 15.6 Å². The molecule has 0 aromatic carbocycles. The SMILES string of the molecule is O.O.O=P([O-])([O-])OP(=O)([O-])[O-].[V+2].[V+2]. The molecule has 0 aromatic rings. The largest absolute Gasteiger partial charge is 2.00 e. The molecule has 0 fully saturated rings. The summed E-state index contributed by atoms with van der Waals surface area (Å²) in [5.41, 5.74) is 0. The second-order valence-electron chi connectivity index (χ2n) is 0.976. The predicted molar refractivity (Wildman–Crippen MR) is 23.5 cm³/mol. The smallest absolute Gasteiger partial charge is 0.790 e. The Balaban J connectivity index is -0.0000000533. The molecule has 0 aliphatic heterocycles. The topological polar surface area (TPSA) is 199 Å². The Morgan fingerprint density at radius 2 is 0.923 bits per heavy atom. The van der Waals surface area contributed by atoms with Gasteiger partial charge in [0.1, 0.15) is 0 Å². The maximum atomic E-state index is 9.32. The quantitative estimate of drug-likeness (QED) is 0.454. The van der Waals surface area contributed by atoms with Crippen LogP contribution in [0.25, 0.3) is 0 Å². The summed E-state index contributed by atoms with van der Waals surface area (Å²) in [5.74, 6) is 0. The van der Waals surface area contributed by atoms with Crippen molar-refractivity contribution in [1.82, 2.24) is 0 Å². The predicted octanol–water partition coefficient (Wildman–Crippen LogP) is -4.99. The minimum atomic E-state index is -5.68. The van der Waals surface area contributed by atoms with Gasteiger partial charge in [-0.25, -0.2) is 0 Å². The van der Waals surface area contributed by atoms with Crippen LogP contribution >= 0.6 is 15.6 Å². The molecule has 0 saturated carbocycles. The second-order valence-corrected chi connectivity index (χ2v) is 3.42. The molecule has 13 heteroatoms. The van der Waals surface area contributed by atoms with Gasteiger partial charge < -0.3 is 44.0 Å². The Labute approximate surface area is 96.7 Å². The van der Waals surface area contributed by atoms with E-state index in [0.29, 0.717) is 0 Å². The zero-order chi connectivity index (χ0) is 7.71. The Bertz CT molecular complexity index is 156. The van der Waals surface area contributed by atoms with E-state index in [-0.39, 0.29) is 48.1 Å². The number of hydrogen-bond acceptors (Lipinski definition) is 7. The molecule has 0 aliphatic carbocycles. The van der Waals surface area contributed by atoms with Crippen LogP contribution in [0.15, 0.2) is 0 Å². The molecule has 0 rings (SSSR count). The van der Waals surface area contributed by atoms with E-state index in [4.69, 9.17) is 0 Å². The number of rotatable bonds is 2. The maximum absolute atomic E-state index is 9.32. The van der Waals surface area contributed by atoms with Gasteiger partial charge in [0.25, 0.3) is 0 Å². The fourth-order valence-electron chi connectivity index (χ4n) is 0.122. The summed E-state index contributed by atoms with van der Waals surface area (Å²) in [4.78, 5) is 37.3. The molecule has 0 heterocycles. The van der Waals surface area contributed by atoms with Crippen molar-refractivity contribution in [2.75, 3.05) is 0 Å². The molecule has 0 bridgehead atoms. The van der Waals surface area contributed by atoms with E-state index >= 15 is 0 Å². The molecule has 9 nitrogen and oxygen atoms in total. The Hall–Kier alpha value is 1.35. The standard InChI is InChI=1S/H4O7P2.2H2O.2V/c1-8(2,3)7-9(4,5)6;;;;/h(H2,1,2,3)(H2,4,5,6);2*1H2;;/q;;;2*+2/p-4. The minimum absolute atomic E-state index is 0. The molecular formula is H4O9P2V2. The first-order valence-corrected chi connectivity index (χ1v) is 4.38. The van der Waals surface area contributed by atoms with Gasteiger partial charge in [-0.2, -0.15) is 0 Å². The van der Waals surface area contributed by atoms with Crippen molar-refractivity contribution in [2.24, 2.45) is 0 Å². The summed E-state index contributed by atoms with van der Waals surface area (Å²) in [5, 5.41) is 0. The summed E-state index contributed by atoms with van der Waals surface area (Å²) in [7, 11) is -11.4. The van der Waals surface area contributed by atoms with Gasteiger partial charge in [-0.1, -0.05) is 0 Å². The van der Waals surface area contributed by atoms with Gasteiger partial charge in [0.15, 0.2) is 0 Å². The summed E-state index contributed by atoms with van der Waals surface area (Å²) >= 11 is 0. The molecule has 2 radical (unpaired) electrons. The van der Waals surface area contributed by atoms with Gasteiger partial charge >= 0.3 is 37.1 Å². The summed E-state index contributed by atoms with van der Waals surface area (Å²) in [6.45, 7) is 0. The van der Waals surface area contributed by atoms with E-state index in [0.717, 1.165) is 0 Å². The summed E-state index contributed by atoms with van der Waals surface area (Å²) in [6.07, 6.45) is 0. The summed E-state index contributed by atoms with van der Waals surface area (Å²) in [6, 6.07) is 0. The average molecular weight is 312 g/mol. The average Bonchev–Trinajstić information content (AvgIpc) is 1.14. The van der Waals surface area contributed by atoms with Crippen molar-refractivity contribution in [2.45, 2.75) is 0 Å². The van der Waals surface area contributed by atoms with Crippen LogP contribution in [0.4, 0.5) is 0 Å². The van der Waals surface area contributed by atoms with Crippen LogP contribution in [0.1, 0.15) is 0 Å². The molecular weight excluding hydrogens is 308 g/mol. The van der Waals surface area contributed by atoms with Crippen LogP contribution in [0.3, 0.4) is 0 Å². The third kappa shape index (κ3) is 31.8.